The molecule has 0 N–H and O–H groups in total. The quantitative estimate of drug-likeness (QED) is 0.328. The molecule has 8 nitrogen and oxygen atoms in total. The first-order valence-electron chi connectivity index (χ1n) is 12.1. The van der Waals surface area contributed by atoms with Gasteiger partial charge >= 0.3 is 13.7 Å². The number of fused-ring (bicyclic) bond motifs is 2. The molecule has 2 amide bonds. The maximum Gasteiger partial charge on any atom is 0.411 e. The van der Waals surface area contributed by atoms with Gasteiger partial charge in [0.25, 0.3) is 5.91 Å². The minimum absolute atomic E-state index is 0.112. The van der Waals surface area contributed by atoms with E-state index in [1.54, 1.807) is 25.7 Å². The second-order valence-corrected chi connectivity index (χ2v) is 11.0. The molecule has 4 rings (SSSR count). The largest absolute Gasteiger partial charge is 0.450 e. The van der Waals surface area contributed by atoms with E-state index in [0.29, 0.717) is 17.8 Å². The summed E-state index contributed by atoms with van der Waals surface area (Å²) in [6.45, 7) is 9.88. The lowest BCUT2D eigenvalue weighted by Crippen LogP contribution is -2.36. The molecule has 2 aromatic rings. The SMILES string of the molecule is CCOC(=O)N1C(P(=O)(OCC)OCC)C12C(=O)N(Cc1ccccc1)c1ccc(C(C)C)cc12. The van der Waals surface area contributed by atoms with Gasteiger partial charge in [0, 0.05) is 5.56 Å². The Labute approximate surface area is 206 Å². The third-order valence-electron chi connectivity index (χ3n) is 6.46. The van der Waals surface area contributed by atoms with E-state index in [1.807, 2.05) is 48.5 Å². The van der Waals surface area contributed by atoms with Crippen molar-refractivity contribution in [3.8, 4) is 0 Å². The molecule has 35 heavy (non-hydrogen) atoms. The summed E-state index contributed by atoms with van der Waals surface area (Å²) in [4.78, 5) is 30.4. The lowest BCUT2D eigenvalue weighted by atomic mass is 9.94. The number of rotatable bonds is 9. The Morgan fingerprint density at radius 1 is 1.03 bits per heavy atom. The van der Waals surface area contributed by atoms with Gasteiger partial charge in [0.15, 0.2) is 11.3 Å². The number of hydrogen-bond donors (Lipinski definition) is 0. The minimum Gasteiger partial charge on any atom is -0.450 e. The molecule has 2 heterocycles. The smallest absolute Gasteiger partial charge is 0.411 e. The summed E-state index contributed by atoms with van der Waals surface area (Å²) in [6.07, 6.45) is -0.715. The zero-order valence-corrected chi connectivity index (χ0v) is 21.8. The van der Waals surface area contributed by atoms with Crippen LogP contribution in [0.2, 0.25) is 0 Å². The molecule has 2 aromatic carbocycles. The van der Waals surface area contributed by atoms with Crippen molar-refractivity contribution in [2.45, 2.75) is 58.4 Å². The van der Waals surface area contributed by atoms with Crippen LogP contribution in [0, 0.1) is 0 Å². The summed E-state index contributed by atoms with van der Waals surface area (Å²) in [5.74, 6) is -1.26. The second kappa shape index (κ2) is 9.76. The molecular weight excluding hydrogens is 467 g/mol. The van der Waals surface area contributed by atoms with E-state index in [0.717, 1.165) is 11.1 Å². The normalized spacial score (nSPS) is 21.1. The molecule has 1 fully saturated rings. The van der Waals surface area contributed by atoms with Crippen molar-refractivity contribution in [1.82, 2.24) is 4.90 Å². The van der Waals surface area contributed by atoms with Crippen LogP contribution >= 0.6 is 7.60 Å². The summed E-state index contributed by atoms with van der Waals surface area (Å²) in [7, 11) is -3.89. The standard InChI is InChI=1S/C26H33N2O6P/c1-6-32-25(30)28-24(35(31,33-7-2)34-8-3)26(28)21-16-20(18(4)5)14-15-22(21)27(23(26)29)17-19-12-10-9-11-13-19/h9-16,18,24H,6-8,17H2,1-5H3. The second-order valence-electron chi connectivity index (χ2n) is 8.89. The molecule has 9 heteroatoms. The van der Waals surface area contributed by atoms with Crippen LogP contribution in [0.5, 0.6) is 0 Å². The van der Waals surface area contributed by atoms with E-state index in [4.69, 9.17) is 13.8 Å². The zero-order chi connectivity index (χ0) is 25.4. The van der Waals surface area contributed by atoms with Gasteiger partial charge in [-0.05, 0) is 43.9 Å². The molecule has 0 aliphatic carbocycles. The molecule has 2 unspecified atom stereocenters. The van der Waals surface area contributed by atoms with Crippen LogP contribution in [0.1, 0.15) is 57.2 Å². The maximum absolute atomic E-state index is 14.3. The van der Waals surface area contributed by atoms with Crippen LogP contribution < -0.4 is 4.90 Å². The van der Waals surface area contributed by atoms with Crippen LogP contribution in [-0.4, -0.2) is 42.5 Å². The molecule has 2 aliphatic heterocycles. The van der Waals surface area contributed by atoms with E-state index in [-0.39, 0.29) is 31.6 Å². The lowest BCUT2D eigenvalue weighted by Gasteiger charge is -2.19. The first kappa shape index (κ1) is 25.4. The average molecular weight is 501 g/mol. The predicted octanol–water partition coefficient (Wildman–Crippen LogP) is 5.62. The topological polar surface area (TPSA) is 85.1 Å². The van der Waals surface area contributed by atoms with Gasteiger partial charge in [0.1, 0.15) is 0 Å². The Morgan fingerprint density at radius 3 is 2.26 bits per heavy atom. The highest BCUT2D eigenvalue weighted by Crippen LogP contribution is 2.74. The van der Waals surface area contributed by atoms with Gasteiger partial charge < -0.3 is 18.7 Å². The fraction of sp³-hybridized carbons (Fsp3) is 0.462. The van der Waals surface area contributed by atoms with Crippen LogP contribution in [0.25, 0.3) is 0 Å². The molecule has 2 atom stereocenters. The van der Waals surface area contributed by atoms with E-state index >= 15 is 0 Å². The van der Waals surface area contributed by atoms with Gasteiger partial charge in [-0.2, -0.15) is 0 Å². The number of nitrogens with zero attached hydrogens (tertiary/aromatic N) is 2. The summed E-state index contributed by atoms with van der Waals surface area (Å²) >= 11 is 0. The number of amides is 2. The van der Waals surface area contributed by atoms with Crippen molar-refractivity contribution in [1.29, 1.82) is 0 Å². The lowest BCUT2D eigenvalue weighted by molar-refractivity contribution is -0.121. The van der Waals surface area contributed by atoms with Crippen molar-refractivity contribution >= 4 is 25.3 Å². The van der Waals surface area contributed by atoms with Crippen molar-refractivity contribution in [2.75, 3.05) is 24.7 Å². The molecule has 0 radical (unpaired) electrons. The van der Waals surface area contributed by atoms with Crippen LogP contribution in [0.3, 0.4) is 0 Å². The highest BCUT2D eigenvalue weighted by Gasteiger charge is 2.82. The summed E-state index contributed by atoms with van der Waals surface area (Å²) in [5, 5.41) is 0. The highest BCUT2D eigenvalue weighted by atomic mass is 31.2. The third-order valence-corrected chi connectivity index (χ3v) is 8.90. The number of hydrogen-bond acceptors (Lipinski definition) is 6. The van der Waals surface area contributed by atoms with Crippen LogP contribution in [-0.2, 0) is 35.2 Å². The van der Waals surface area contributed by atoms with Gasteiger partial charge in [0.2, 0.25) is 0 Å². The Hall–Kier alpha value is -2.67. The van der Waals surface area contributed by atoms with E-state index in [1.165, 1.54) is 4.90 Å². The third kappa shape index (κ3) is 4.07. The number of carbonyl (C=O) groups is 2. The van der Waals surface area contributed by atoms with E-state index < -0.39 is 25.0 Å². The van der Waals surface area contributed by atoms with Crippen molar-refractivity contribution < 1.29 is 27.9 Å². The Morgan fingerprint density at radius 2 is 1.69 bits per heavy atom. The molecule has 188 valence electrons. The van der Waals surface area contributed by atoms with E-state index in [9.17, 15) is 14.2 Å². The number of anilines is 1. The van der Waals surface area contributed by atoms with Crippen molar-refractivity contribution in [2.24, 2.45) is 0 Å². The average Bonchev–Trinajstić information content (AvgIpc) is 3.50. The van der Waals surface area contributed by atoms with Gasteiger partial charge in [-0.15, -0.1) is 0 Å². The summed E-state index contributed by atoms with van der Waals surface area (Å²) in [6, 6.07) is 15.5. The Kier molecular flexibility index (Phi) is 7.09. The number of benzene rings is 2. The molecule has 0 saturated carbocycles. The number of carbonyl (C=O) groups excluding carboxylic acids is 2. The molecule has 1 spiro atoms. The summed E-state index contributed by atoms with van der Waals surface area (Å²) in [5.41, 5.74) is 1.74. The summed E-state index contributed by atoms with van der Waals surface area (Å²) < 4.78 is 30.6. The molecule has 1 saturated heterocycles. The van der Waals surface area contributed by atoms with E-state index in [2.05, 4.69) is 13.8 Å². The molecular formula is C26H33N2O6P. The molecule has 0 bridgehead atoms. The predicted molar refractivity (Wildman–Crippen MR) is 133 cm³/mol. The maximum atomic E-state index is 14.3. The van der Waals surface area contributed by atoms with Crippen LogP contribution in [0.4, 0.5) is 10.5 Å². The van der Waals surface area contributed by atoms with Gasteiger partial charge in [-0.3, -0.25) is 14.3 Å². The molecule has 0 aromatic heterocycles. The highest BCUT2D eigenvalue weighted by molar-refractivity contribution is 7.55. The van der Waals surface area contributed by atoms with Crippen molar-refractivity contribution in [3.63, 3.8) is 0 Å². The zero-order valence-electron chi connectivity index (χ0n) is 20.9. The van der Waals surface area contributed by atoms with Crippen LogP contribution in [0.15, 0.2) is 48.5 Å². The molecule has 2 aliphatic rings. The first-order valence-corrected chi connectivity index (χ1v) is 13.7. The van der Waals surface area contributed by atoms with Crippen molar-refractivity contribution in [3.05, 3.63) is 65.2 Å². The van der Waals surface area contributed by atoms with Gasteiger partial charge in [0.05, 0.1) is 32.1 Å². The fourth-order valence-electron chi connectivity index (χ4n) is 4.91. The Bertz CT molecular complexity index is 1140. The number of ether oxygens (including phenoxy) is 1. The fourth-order valence-corrected chi connectivity index (χ4v) is 7.31. The first-order chi connectivity index (χ1) is 16.8. The Balaban J connectivity index is 1.91. The monoisotopic (exact) mass is 500 g/mol. The minimum atomic E-state index is -3.89. The van der Waals surface area contributed by atoms with Gasteiger partial charge in [-0.25, -0.2) is 4.79 Å². The van der Waals surface area contributed by atoms with Gasteiger partial charge in [-0.1, -0.05) is 56.3 Å².